The Bertz CT molecular complexity index is 332. The fourth-order valence-corrected chi connectivity index (χ4v) is 2.37. The maximum atomic E-state index is 11.6. The SMILES string of the molecule is CC1=CCC2(CC(=O)OC(C)C)OC12C. The minimum Gasteiger partial charge on any atom is -0.463 e. The molecule has 0 aromatic carbocycles. The third-order valence-electron chi connectivity index (χ3n) is 3.51. The van der Waals surface area contributed by atoms with Gasteiger partial charge in [0.25, 0.3) is 0 Å². The first-order valence-electron chi connectivity index (χ1n) is 5.46. The van der Waals surface area contributed by atoms with Gasteiger partial charge in [0.1, 0.15) is 11.2 Å². The lowest BCUT2D eigenvalue weighted by Gasteiger charge is -2.12. The summed E-state index contributed by atoms with van der Waals surface area (Å²) in [6.45, 7) is 7.83. The van der Waals surface area contributed by atoms with Crippen molar-refractivity contribution >= 4 is 5.97 Å². The summed E-state index contributed by atoms with van der Waals surface area (Å²) in [6, 6.07) is 0. The van der Waals surface area contributed by atoms with Gasteiger partial charge >= 0.3 is 5.97 Å². The molecule has 1 heterocycles. The second-order valence-corrected chi connectivity index (χ2v) is 4.94. The second kappa shape index (κ2) is 3.08. The normalized spacial score (nSPS) is 37.5. The highest BCUT2D eigenvalue weighted by Gasteiger charge is 2.70. The summed E-state index contributed by atoms with van der Waals surface area (Å²) in [7, 11) is 0. The summed E-state index contributed by atoms with van der Waals surface area (Å²) in [5.41, 5.74) is 0.742. The van der Waals surface area contributed by atoms with E-state index in [1.807, 2.05) is 13.8 Å². The highest BCUT2D eigenvalue weighted by Crippen LogP contribution is 2.61. The van der Waals surface area contributed by atoms with Gasteiger partial charge in [-0.3, -0.25) is 4.79 Å². The largest absolute Gasteiger partial charge is 0.463 e. The summed E-state index contributed by atoms with van der Waals surface area (Å²) >= 11 is 0. The van der Waals surface area contributed by atoms with E-state index in [1.54, 1.807) is 0 Å². The van der Waals surface area contributed by atoms with Gasteiger partial charge < -0.3 is 9.47 Å². The summed E-state index contributed by atoms with van der Waals surface area (Å²) in [6.07, 6.45) is 3.32. The molecule has 1 aliphatic carbocycles. The van der Waals surface area contributed by atoms with E-state index < -0.39 is 0 Å². The number of carbonyl (C=O) groups is 1. The van der Waals surface area contributed by atoms with Crippen molar-refractivity contribution in [3.8, 4) is 0 Å². The molecule has 1 aliphatic heterocycles. The molecule has 0 aromatic heterocycles. The molecule has 2 rings (SSSR count). The smallest absolute Gasteiger partial charge is 0.309 e. The predicted octanol–water partition coefficient (Wildman–Crippen LogP) is 2.21. The number of epoxide rings is 1. The number of carbonyl (C=O) groups excluding carboxylic acids is 1. The van der Waals surface area contributed by atoms with Crippen LogP contribution in [0, 0.1) is 0 Å². The van der Waals surface area contributed by atoms with Crippen molar-refractivity contribution in [1.29, 1.82) is 0 Å². The number of ether oxygens (including phenoxy) is 2. The van der Waals surface area contributed by atoms with E-state index >= 15 is 0 Å². The second-order valence-electron chi connectivity index (χ2n) is 4.94. The van der Waals surface area contributed by atoms with Crippen LogP contribution in [0.3, 0.4) is 0 Å². The third-order valence-corrected chi connectivity index (χ3v) is 3.51. The molecule has 0 N–H and O–H groups in total. The Morgan fingerprint density at radius 1 is 1.67 bits per heavy atom. The van der Waals surface area contributed by atoms with Crippen molar-refractivity contribution < 1.29 is 14.3 Å². The molecule has 3 nitrogen and oxygen atoms in total. The zero-order valence-electron chi connectivity index (χ0n) is 9.79. The number of rotatable bonds is 3. The Morgan fingerprint density at radius 3 is 2.73 bits per heavy atom. The number of fused-ring (bicyclic) bond motifs is 1. The summed E-state index contributed by atoms with van der Waals surface area (Å²) < 4.78 is 10.9. The van der Waals surface area contributed by atoms with E-state index in [1.165, 1.54) is 5.57 Å². The average molecular weight is 210 g/mol. The molecule has 0 radical (unpaired) electrons. The third kappa shape index (κ3) is 1.49. The maximum Gasteiger partial charge on any atom is 0.309 e. The van der Waals surface area contributed by atoms with Crippen LogP contribution in [-0.2, 0) is 14.3 Å². The molecule has 0 amide bonds. The molecule has 84 valence electrons. The lowest BCUT2D eigenvalue weighted by atomic mass is 9.91. The predicted molar refractivity (Wildman–Crippen MR) is 56.4 cm³/mol. The number of esters is 1. The van der Waals surface area contributed by atoms with Crippen LogP contribution in [-0.4, -0.2) is 23.3 Å². The standard InChI is InChI=1S/C12H18O3/c1-8(2)14-10(13)7-12-6-5-9(3)11(12,4)15-12/h5,8H,6-7H2,1-4H3. The zero-order valence-corrected chi connectivity index (χ0v) is 9.79. The van der Waals surface area contributed by atoms with E-state index in [2.05, 4.69) is 19.9 Å². The van der Waals surface area contributed by atoms with Crippen molar-refractivity contribution in [3.63, 3.8) is 0 Å². The van der Waals surface area contributed by atoms with Gasteiger partial charge in [-0.05, 0) is 39.7 Å². The Hall–Kier alpha value is -0.830. The topological polar surface area (TPSA) is 38.8 Å². The molecule has 2 unspecified atom stereocenters. The van der Waals surface area contributed by atoms with Gasteiger partial charge in [0, 0.05) is 0 Å². The van der Waals surface area contributed by atoms with Gasteiger partial charge in [0.05, 0.1) is 12.5 Å². The molecule has 2 aliphatic rings. The lowest BCUT2D eigenvalue weighted by Crippen LogP contribution is -2.25. The average Bonchev–Trinajstić information content (AvgIpc) is 2.60. The fourth-order valence-electron chi connectivity index (χ4n) is 2.37. The Kier molecular flexibility index (Phi) is 2.19. The maximum absolute atomic E-state index is 11.6. The molecule has 0 bridgehead atoms. The van der Waals surface area contributed by atoms with Crippen LogP contribution < -0.4 is 0 Å². The first-order valence-corrected chi connectivity index (χ1v) is 5.46. The van der Waals surface area contributed by atoms with E-state index in [0.717, 1.165) is 6.42 Å². The first-order chi connectivity index (χ1) is 6.90. The Labute approximate surface area is 90.4 Å². The summed E-state index contributed by atoms with van der Waals surface area (Å²) in [5.74, 6) is -0.156. The van der Waals surface area contributed by atoms with Gasteiger partial charge in [-0.2, -0.15) is 0 Å². The van der Waals surface area contributed by atoms with Gasteiger partial charge in [0.2, 0.25) is 0 Å². The molecule has 15 heavy (non-hydrogen) atoms. The minimum absolute atomic E-state index is 0.0469. The molecule has 2 atom stereocenters. The number of hydrogen-bond acceptors (Lipinski definition) is 3. The first kappa shape index (κ1) is 10.7. The van der Waals surface area contributed by atoms with E-state index in [-0.39, 0.29) is 23.3 Å². The molecule has 1 fully saturated rings. The van der Waals surface area contributed by atoms with Crippen LogP contribution in [0.15, 0.2) is 11.6 Å². The van der Waals surface area contributed by atoms with Crippen molar-refractivity contribution in [1.82, 2.24) is 0 Å². The molecular formula is C12H18O3. The van der Waals surface area contributed by atoms with Crippen molar-refractivity contribution in [2.75, 3.05) is 0 Å². The van der Waals surface area contributed by atoms with Crippen LogP contribution in [0.4, 0.5) is 0 Å². The fraction of sp³-hybridized carbons (Fsp3) is 0.750. The van der Waals surface area contributed by atoms with E-state index in [0.29, 0.717) is 6.42 Å². The highest BCUT2D eigenvalue weighted by atomic mass is 16.6. The van der Waals surface area contributed by atoms with Crippen molar-refractivity contribution in [2.45, 2.75) is 57.8 Å². The van der Waals surface area contributed by atoms with Crippen LogP contribution in [0.2, 0.25) is 0 Å². The summed E-state index contributed by atoms with van der Waals surface area (Å²) in [5, 5.41) is 0. The van der Waals surface area contributed by atoms with Crippen LogP contribution in [0.25, 0.3) is 0 Å². The van der Waals surface area contributed by atoms with Gasteiger partial charge in [-0.15, -0.1) is 0 Å². The van der Waals surface area contributed by atoms with Crippen molar-refractivity contribution in [3.05, 3.63) is 11.6 Å². The molecule has 0 aromatic rings. The Morgan fingerprint density at radius 2 is 2.33 bits per heavy atom. The molecule has 1 saturated heterocycles. The lowest BCUT2D eigenvalue weighted by molar-refractivity contribution is -0.148. The zero-order chi connectivity index (χ0) is 11.3. The molecule has 0 spiro atoms. The van der Waals surface area contributed by atoms with Gasteiger partial charge in [-0.1, -0.05) is 6.08 Å². The van der Waals surface area contributed by atoms with Gasteiger partial charge in [0.15, 0.2) is 0 Å². The highest BCUT2D eigenvalue weighted by molar-refractivity contribution is 5.73. The van der Waals surface area contributed by atoms with Gasteiger partial charge in [-0.25, -0.2) is 0 Å². The number of hydrogen-bond donors (Lipinski definition) is 0. The minimum atomic E-state index is -0.289. The molecule has 3 heteroatoms. The monoisotopic (exact) mass is 210 g/mol. The van der Waals surface area contributed by atoms with Crippen LogP contribution in [0.1, 0.15) is 40.5 Å². The Balaban J connectivity index is 1.96. The van der Waals surface area contributed by atoms with E-state index in [9.17, 15) is 4.79 Å². The molecular weight excluding hydrogens is 192 g/mol. The van der Waals surface area contributed by atoms with Crippen molar-refractivity contribution in [2.24, 2.45) is 0 Å². The van der Waals surface area contributed by atoms with E-state index in [4.69, 9.17) is 9.47 Å². The van der Waals surface area contributed by atoms with Crippen LogP contribution >= 0.6 is 0 Å². The summed E-state index contributed by atoms with van der Waals surface area (Å²) in [4.78, 5) is 11.6. The van der Waals surface area contributed by atoms with Crippen LogP contribution in [0.5, 0.6) is 0 Å². The quantitative estimate of drug-likeness (QED) is 0.407. The molecule has 0 saturated carbocycles.